The van der Waals surface area contributed by atoms with E-state index in [1.54, 1.807) is 12.1 Å². The van der Waals surface area contributed by atoms with Crippen LogP contribution in [0.5, 0.6) is 5.75 Å². The van der Waals surface area contributed by atoms with Gasteiger partial charge >= 0.3 is 0 Å². The van der Waals surface area contributed by atoms with Gasteiger partial charge in [0, 0.05) is 18.3 Å². The molecule has 8 nitrogen and oxygen atoms in total. The van der Waals surface area contributed by atoms with E-state index in [1.807, 2.05) is 6.92 Å². The highest BCUT2D eigenvalue weighted by atomic mass is 32.2. The van der Waals surface area contributed by atoms with Crippen molar-refractivity contribution < 1.29 is 26.7 Å². The number of aromatic nitrogens is 2. The fourth-order valence-corrected chi connectivity index (χ4v) is 6.12. The van der Waals surface area contributed by atoms with Gasteiger partial charge in [0.2, 0.25) is 15.0 Å². The second-order valence-electron chi connectivity index (χ2n) is 7.21. The molecule has 1 fully saturated rings. The zero-order chi connectivity index (χ0) is 23.6. The highest BCUT2D eigenvalue weighted by Crippen LogP contribution is 2.38. The molecule has 1 amide bonds. The van der Waals surface area contributed by atoms with E-state index in [4.69, 9.17) is 4.74 Å². The van der Waals surface area contributed by atoms with E-state index in [9.17, 15) is 22.0 Å². The molecule has 0 spiro atoms. The smallest absolute Gasteiger partial charge is 0.286 e. The number of rotatable bonds is 7. The molecule has 1 saturated heterocycles. The van der Waals surface area contributed by atoms with Crippen molar-refractivity contribution in [1.29, 1.82) is 0 Å². The minimum absolute atomic E-state index is 0.0138. The van der Waals surface area contributed by atoms with Crippen molar-refractivity contribution in [3.8, 4) is 5.75 Å². The van der Waals surface area contributed by atoms with Crippen LogP contribution in [0.2, 0.25) is 0 Å². The van der Waals surface area contributed by atoms with Gasteiger partial charge in [0.05, 0.1) is 17.5 Å². The summed E-state index contributed by atoms with van der Waals surface area (Å²) in [7, 11) is -3.80. The van der Waals surface area contributed by atoms with Crippen LogP contribution in [0.4, 0.5) is 14.5 Å². The standard InChI is InChI=1S/C21H20F2N4O4S2/c1-2-31-14-6-8-15(9-7-14)33(29,30)27-11-3-4-18(27)20-25-26-21(32-20)19(28)24-13-5-10-16(22)17(23)12-13/h5-10,12,18H,2-4,11H2,1H3,(H,24,28)/t18-/m1/s1. The summed E-state index contributed by atoms with van der Waals surface area (Å²) < 4.78 is 59.6. The molecule has 2 heterocycles. The Bertz CT molecular complexity index is 1270. The fraction of sp³-hybridized carbons (Fsp3) is 0.286. The SMILES string of the molecule is CCOc1ccc(S(=O)(=O)N2CCC[C@@H]2c2nnc(C(=O)Nc3ccc(F)c(F)c3)s2)cc1. The van der Waals surface area contributed by atoms with Crippen LogP contribution in [0, 0.1) is 11.6 Å². The highest BCUT2D eigenvalue weighted by molar-refractivity contribution is 7.89. The van der Waals surface area contributed by atoms with Crippen LogP contribution in [0.1, 0.15) is 40.6 Å². The number of sulfonamides is 1. The van der Waals surface area contributed by atoms with Crippen LogP contribution in [0.15, 0.2) is 47.4 Å². The van der Waals surface area contributed by atoms with Crippen LogP contribution in [-0.2, 0) is 10.0 Å². The quantitative estimate of drug-likeness (QED) is 0.533. The molecule has 4 rings (SSSR count). The summed E-state index contributed by atoms with van der Waals surface area (Å²) in [6.07, 6.45) is 1.17. The first-order valence-corrected chi connectivity index (χ1v) is 12.4. The Morgan fingerprint density at radius 1 is 1.18 bits per heavy atom. The summed E-state index contributed by atoms with van der Waals surface area (Å²) in [6, 6.07) is 8.63. The van der Waals surface area contributed by atoms with Crippen LogP contribution in [0.3, 0.4) is 0 Å². The van der Waals surface area contributed by atoms with Crippen LogP contribution < -0.4 is 10.1 Å². The Morgan fingerprint density at radius 2 is 1.94 bits per heavy atom. The Balaban J connectivity index is 1.51. The Morgan fingerprint density at radius 3 is 2.64 bits per heavy atom. The molecule has 1 aromatic heterocycles. The van der Waals surface area contributed by atoms with Crippen LogP contribution >= 0.6 is 11.3 Å². The zero-order valence-electron chi connectivity index (χ0n) is 17.5. The minimum atomic E-state index is -3.80. The summed E-state index contributed by atoms with van der Waals surface area (Å²) >= 11 is 0.961. The van der Waals surface area contributed by atoms with Crippen molar-refractivity contribution in [3.63, 3.8) is 0 Å². The lowest BCUT2D eigenvalue weighted by atomic mass is 10.2. The highest BCUT2D eigenvalue weighted by Gasteiger charge is 2.38. The first-order valence-electron chi connectivity index (χ1n) is 10.1. The zero-order valence-corrected chi connectivity index (χ0v) is 19.1. The summed E-state index contributed by atoms with van der Waals surface area (Å²) in [4.78, 5) is 12.6. The van der Waals surface area contributed by atoms with Crippen LogP contribution in [-0.4, -0.2) is 42.0 Å². The number of hydrogen-bond acceptors (Lipinski definition) is 7. The van der Waals surface area contributed by atoms with E-state index in [2.05, 4.69) is 15.5 Å². The molecule has 0 radical (unpaired) electrons. The van der Waals surface area contributed by atoms with Crippen molar-refractivity contribution in [2.24, 2.45) is 0 Å². The number of carbonyl (C=O) groups is 1. The molecule has 1 atom stereocenters. The van der Waals surface area contributed by atoms with Gasteiger partial charge in [-0.15, -0.1) is 10.2 Å². The van der Waals surface area contributed by atoms with E-state index in [1.165, 1.54) is 22.5 Å². The maximum Gasteiger partial charge on any atom is 0.286 e. The molecule has 0 unspecified atom stereocenters. The second kappa shape index (κ2) is 9.49. The van der Waals surface area contributed by atoms with Gasteiger partial charge in [0.15, 0.2) is 11.6 Å². The topological polar surface area (TPSA) is 101 Å². The average Bonchev–Trinajstić information content (AvgIpc) is 3.47. The van der Waals surface area contributed by atoms with E-state index in [-0.39, 0.29) is 15.6 Å². The molecular weight excluding hydrogens is 474 g/mol. The number of halogens is 2. The predicted molar refractivity (Wildman–Crippen MR) is 118 cm³/mol. The Hall–Kier alpha value is -2.96. The van der Waals surface area contributed by atoms with Gasteiger partial charge in [0.1, 0.15) is 10.8 Å². The summed E-state index contributed by atoms with van der Waals surface area (Å²) in [5.74, 6) is -2.19. The molecule has 1 aliphatic heterocycles. The number of nitrogens with zero attached hydrogens (tertiary/aromatic N) is 3. The molecule has 0 saturated carbocycles. The third-order valence-corrected chi connectivity index (χ3v) is 7.99. The van der Waals surface area contributed by atoms with Gasteiger partial charge < -0.3 is 10.1 Å². The second-order valence-corrected chi connectivity index (χ2v) is 10.1. The maximum atomic E-state index is 13.4. The van der Waals surface area contributed by atoms with Crippen molar-refractivity contribution in [2.75, 3.05) is 18.5 Å². The van der Waals surface area contributed by atoms with E-state index < -0.39 is 33.6 Å². The number of amides is 1. The third kappa shape index (κ3) is 4.87. The van der Waals surface area contributed by atoms with Gasteiger partial charge in [-0.25, -0.2) is 17.2 Å². The average molecular weight is 495 g/mol. The van der Waals surface area contributed by atoms with Crippen molar-refractivity contribution in [2.45, 2.75) is 30.7 Å². The lowest BCUT2D eigenvalue weighted by Crippen LogP contribution is -2.30. The van der Waals surface area contributed by atoms with Gasteiger partial charge in [-0.05, 0) is 56.2 Å². The van der Waals surface area contributed by atoms with E-state index in [0.29, 0.717) is 36.8 Å². The summed E-state index contributed by atoms with van der Waals surface area (Å²) in [6.45, 7) is 2.63. The maximum absolute atomic E-state index is 13.4. The normalized spacial score (nSPS) is 16.6. The molecule has 1 aliphatic rings. The van der Waals surface area contributed by atoms with Crippen LogP contribution in [0.25, 0.3) is 0 Å². The lowest BCUT2D eigenvalue weighted by molar-refractivity contribution is 0.102. The molecule has 2 aromatic carbocycles. The summed E-state index contributed by atoms with van der Waals surface area (Å²) in [5.41, 5.74) is 0.0659. The van der Waals surface area contributed by atoms with Gasteiger partial charge in [0.25, 0.3) is 5.91 Å². The first kappa shape index (κ1) is 23.2. The number of nitrogens with one attached hydrogen (secondary N) is 1. The van der Waals surface area contributed by atoms with Gasteiger partial charge in [-0.2, -0.15) is 4.31 Å². The van der Waals surface area contributed by atoms with Crippen molar-refractivity contribution in [1.82, 2.24) is 14.5 Å². The Kier molecular flexibility index (Phi) is 6.68. The molecular formula is C21H20F2N4O4S2. The molecule has 33 heavy (non-hydrogen) atoms. The molecule has 12 heteroatoms. The number of anilines is 1. The number of ether oxygens (including phenoxy) is 1. The molecule has 1 N–H and O–H groups in total. The van der Waals surface area contributed by atoms with Gasteiger partial charge in [-0.1, -0.05) is 11.3 Å². The first-order chi connectivity index (χ1) is 15.8. The van der Waals surface area contributed by atoms with E-state index >= 15 is 0 Å². The minimum Gasteiger partial charge on any atom is -0.494 e. The molecule has 3 aromatic rings. The largest absolute Gasteiger partial charge is 0.494 e. The number of benzene rings is 2. The monoisotopic (exact) mass is 494 g/mol. The van der Waals surface area contributed by atoms with E-state index in [0.717, 1.165) is 23.5 Å². The molecule has 174 valence electrons. The molecule has 0 aliphatic carbocycles. The van der Waals surface area contributed by atoms with Crippen molar-refractivity contribution >= 4 is 33.0 Å². The van der Waals surface area contributed by atoms with Crippen molar-refractivity contribution in [3.05, 3.63) is 64.1 Å². The fourth-order valence-electron chi connectivity index (χ4n) is 3.50. The third-order valence-electron chi connectivity index (χ3n) is 5.04. The number of carbonyl (C=O) groups excluding carboxylic acids is 1. The van der Waals surface area contributed by atoms with Gasteiger partial charge in [-0.3, -0.25) is 4.79 Å². The molecule has 0 bridgehead atoms. The lowest BCUT2D eigenvalue weighted by Gasteiger charge is -2.22. The predicted octanol–water partition coefficient (Wildman–Crippen LogP) is 3.99. The summed E-state index contributed by atoms with van der Waals surface area (Å²) in [5, 5.41) is 10.7. The number of hydrogen-bond donors (Lipinski definition) is 1. The Labute approximate surface area is 193 Å².